The minimum atomic E-state index is -0.221. The number of hydrogen-bond acceptors (Lipinski definition) is 2. The standard InChI is InChI=1S/C24H43NO2/c1-4-6-8-10-12-14-16-18-22-26-24(20-21-25-3)27-23-19-17-15-13-11-9-7-5-2/h12-15,24H,4-11,16-23H2,1-2H3/b14-12-,15-13-. The highest BCUT2D eigenvalue weighted by Gasteiger charge is 2.10. The number of nitrogens with zero attached hydrogens (tertiary/aromatic N) is 1. The largest absolute Gasteiger partial charge is 0.352 e. The fourth-order valence-electron chi connectivity index (χ4n) is 2.71. The number of unbranched alkanes of at least 4 members (excludes halogenated alkanes) is 8. The second-order valence-corrected chi connectivity index (χ2v) is 7.06. The summed E-state index contributed by atoms with van der Waals surface area (Å²) in [6.07, 6.45) is 23.9. The lowest BCUT2D eigenvalue weighted by Gasteiger charge is -2.16. The minimum absolute atomic E-state index is 0.221. The number of rotatable bonds is 20. The zero-order valence-electron chi connectivity index (χ0n) is 18.0. The van der Waals surface area contributed by atoms with Gasteiger partial charge in [0.15, 0.2) is 6.29 Å². The molecule has 0 atom stereocenters. The minimum Gasteiger partial charge on any atom is -0.352 e. The van der Waals surface area contributed by atoms with Gasteiger partial charge < -0.3 is 14.3 Å². The maximum atomic E-state index is 6.97. The van der Waals surface area contributed by atoms with Crippen LogP contribution in [0.25, 0.3) is 4.85 Å². The lowest BCUT2D eigenvalue weighted by molar-refractivity contribution is -0.144. The first kappa shape index (κ1) is 25.9. The summed E-state index contributed by atoms with van der Waals surface area (Å²) < 4.78 is 11.7. The molecule has 0 aromatic rings. The van der Waals surface area contributed by atoms with E-state index in [2.05, 4.69) is 43.0 Å². The monoisotopic (exact) mass is 377 g/mol. The van der Waals surface area contributed by atoms with E-state index in [9.17, 15) is 0 Å². The smallest absolute Gasteiger partial charge is 0.219 e. The van der Waals surface area contributed by atoms with Crippen LogP contribution in [0.1, 0.15) is 97.3 Å². The van der Waals surface area contributed by atoms with Gasteiger partial charge in [0.05, 0.1) is 19.6 Å². The molecule has 0 rings (SSSR count). The maximum Gasteiger partial charge on any atom is 0.219 e. The molecule has 0 fully saturated rings. The second-order valence-electron chi connectivity index (χ2n) is 7.06. The summed E-state index contributed by atoms with van der Waals surface area (Å²) in [5, 5.41) is 0. The van der Waals surface area contributed by atoms with E-state index in [1.165, 1.54) is 51.4 Å². The van der Waals surface area contributed by atoms with Gasteiger partial charge >= 0.3 is 0 Å². The molecule has 0 radical (unpaired) electrons. The summed E-state index contributed by atoms with van der Waals surface area (Å²) in [4.78, 5) is 3.43. The lowest BCUT2D eigenvalue weighted by Crippen LogP contribution is -2.19. The van der Waals surface area contributed by atoms with Crippen LogP contribution in [0.15, 0.2) is 24.3 Å². The second kappa shape index (κ2) is 22.9. The molecule has 0 aromatic heterocycles. The molecule has 0 saturated heterocycles. The summed E-state index contributed by atoms with van der Waals surface area (Å²) in [7, 11) is 0. The molecule has 27 heavy (non-hydrogen) atoms. The number of allylic oxidation sites excluding steroid dienone is 4. The topological polar surface area (TPSA) is 22.8 Å². The van der Waals surface area contributed by atoms with Crippen molar-refractivity contribution in [2.24, 2.45) is 0 Å². The Hall–Kier alpha value is -1.11. The first-order valence-electron chi connectivity index (χ1n) is 11.2. The van der Waals surface area contributed by atoms with Gasteiger partial charge in [0.1, 0.15) is 0 Å². The molecule has 0 aliphatic rings. The number of ether oxygens (including phenoxy) is 2. The van der Waals surface area contributed by atoms with Crippen LogP contribution in [0.5, 0.6) is 0 Å². The third-order valence-corrected chi connectivity index (χ3v) is 4.40. The van der Waals surface area contributed by atoms with Crippen LogP contribution in [0.2, 0.25) is 0 Å². The van der Waals surface area contributed by atoms with Gasteiger partial charge in [-0.05, 0) is 51.4 Å². The molecule has 0 spiro atoms. The average Bonchev–Trinajstić information content (AvgIpc) is 2.68. The van der Waals surface area contributed by atoms with Crippen LogP contribution in [-0.2, 0) is 9.47 Å². The van der Waals surface area contributed by atoms with Gasteiger partial charge in [0.2, 0.25) is 6.54 Å². The molecule has 0 aromatic carbocycles. The van der Waals surface area contributed by atoms with E-state index in [4.69, 9.17) is 16.0 Å². The Bertz CT molecular complexity index is 356. The Morgan fingerprint density at radius 2 is 1.15 bits per heavy atom. The molecular weight excluding hydrogens is 334 g/mol. The predicted octanol–water partition coefficient (Wildman–Crippen LogP) is 7.49. The van der Waals surface area contributed by atoms with E-state index >= 15 is 0 Å². The van der Waals surface area contributed by atoms with Gasteiger partial charge in [0, 0.05) is 0 Å². The Labute approximate surface area is 169 Å². The fraction of sp³-hybridized carbons (Fsp3) is 0.792. The van der Waals surface area contributed by atoms with Gasteiger partial charge in [-0.25, -0.2) is 6.57 Å². The van der Waals surface area contributed by atoms with Crippen molar-refractivity contribution >= 4 is 0 Å². The van der Waals surface area contributed by atoms with Crippen molar-refractivity contribution in [3.05, 3.63) is 35.7 Å². The summed E-state index contributed by atoms with van der Waals surface area (Å²) in [5.74, 6) is 0. The lowest BCUT2D eigenvalue weighted by atomic mass is 10.2. The molecule has 3 nitrogen and oxygen atoms in total. The van der Waals surface area contributed by atoms with Crippen molar-refractivity contribution in [3.8, 4) is 0 Å². The molecule has 0 saturated carbocycles. The van der Waals surface area contributed by atoms with Crippen LogP contribution >= 0.6 is 0 Å². The Balaban J connectivity index is 3.71. The van der Waals surface area contributed by atoms with Crippen molar-refractivity contribution in [2.75, 3.05) is 19.8 Å². The zero-order valence-corrected chi connectivity index (χ0v) is 18.0. The quantitative estimate of drug-likeness (QED) is 0.0949. The van der Waals surface area contributed by atoms with E-state index in [1.807, 2.05) is 0 Å². The van der Waals surface area contributed by atoms with Crippen LogP contribution in [-0.4, -0.2) is 26.0 Å². The molecule has 0 aliphatic heterocycles. The van der Waals surface area contributed by atoms with Gasteiger partial charge in [-0.15, -0.1) is 0 Å². The first-order chi connectivity index (χ1) is 13.3. The van der Waals surface area contributed by atoms with E-state index in [0.29, 0.717) is 26.2 Å². The third kappa shape index (κ3) is 21.1. The molecule has 0 N–H and O–H groups in total. The zero-order chi connectivity index (χ0) is 19.8. The molecule has 156 valence electrons. The van der Waals surface area contributed by atoms with Crippen LogP contribution in [0, 0.1) is 6.57 Å². The normalized spacial score (nSPS) is 11.8. The predicted molar refractivity (Wildman–Crippen MR) is 117 cm³/mol. The van der Waals surface area contributed by atoms with Crippen molar-refractivity contribution in [1.29, 1.82) is 0 Å². The number of hydrogen-bond donors (Lipinski definition) is 0. The highest BCUT2D eigenvalue weighted by atomic mass is 16.7. The van der Waals surface area contributed by atoms with Gasteiger partial charge in [-0.1, -0.05) is 63.8 Å². The highest BCUT2D eigenvalue weighted by molar-refractivity contribution is 4.82. The fourth-order valence-corrected chi connectivity index (χ4v) is 2.71. The summed E-state index contributed by atoms with van der Waals surface area (Å²) >= 11 is 0. The Kier molecular flexibility index (Phi) is 22.0. The summed E-state index contributed by atoms with van der Waals surface area (Å²) in [6, 6.07) is 0. The molecule has 0 aliphatic carbocycles. The molecule has 0 bridgehead atoms. The SMILES string of the molecule is [C-]#[N+]CCC(OCCC/C=C\CCCCC)OCCC/C=C\CCCCC. The summed E-state index contributed by atoms with van der Waals surface area (Å²) in [6.45, 7) is 13.3. The van der Waals surface area contributed by atoms with E-state index in [0.717, 1.165) is 25.7 Å². The summed E-state index contributed by atoms with van der Waals surface area (Å²) in [5.41, 5.74) is 0. The third-order valence-electron chi connectivity index (χ3n) is 4.40. The van der Waals surface area contributed by atoms with Crippen LogP contribution in [0.4, 0.5) is 0 Å². The maximum absolute atomic E-state index is 6.97. The average molecular weight is 378 g/mol. The van der Waals surface area contributed by atoms with Crippen LogP contribution in [0.3, 0.4) is 0 Å². The van der Waals surface area contributed by atoms with Crippen molar-refractivity contribution < 1.29 is 9.47 Å². The molecule has 3 heteroatoms. The van der Waals surface area contributed by atoms with Crippen molar-refractivity contribution in [2.45, 2.75) is 104 Å². The van der Waals surface area contributed by atoms with E-state index in [-0.39, 0.29) is 6.29 Å². The van der Waals surface area contributed by atoms with Crippen LogP contribution < -0.4 is 0 Å². The van der Waals surface area contributed by atoms with Crippen molar-refractivity contribution in [1.82, 2.24) is 0 Å². The van der Waals surface area contributed by atoms with Gasteiger partial charge in [-0.3, -0.25) is 0 Å². The molecule has 0 amide bonds. The molecule has 0 unspecified atom stereocenters. The van der Waals surface area contributed by atoms with E-state index in [1.54, 1.807) is 0 Å². The Morgan fingerprint density at radius 3 is 1.56 bits per heavy atom. The first-order valence-corrected chi connectivity index (χ1v) is 11.2. The van der Waals surface area contributed by atoms with Crippen molar-refractivity contribution in [3.63, 3.8) is 0 Å². The molecule has 0 heterocycles. The molecular formula is C24H43NO2. The van der Waals surface area contributed by atoms with Gasteiger partial charge in [-0.2, -0.15) is 0 Å². The van der Waals surface area contributed by atoms with Gasteiger partial charge in [0.25, 0.3) is 0 Å². The van der Waals surface area contributed by atoms with E-state index < -0.39 is 0 Å². The Morgan fingerprint density at radius 1 is 0.704 bits per heavy atom. The highest BCUT2D eigenvalue weighted by Crippen LogP contribution is 2.07.